The molecule has 10 rings (SSSR count). The largest absolute Gasteiger partial charge is 0.309 e. The van der Waals surface area contributed by atoms with Gasteiger partial charge in [0.25, 0.3) is 0 Å². The van der Waals surface area contributed by atoms with Crippen molar-refractivity contribution >= 4 is 75.3 Å². The summed E-state index contributed by atoms with van der Waals surface area (Å²) in [5.41, 5.74) is 8.99. The molecule has 4 aromatic heterocycles. The molecule has 0 spiro atoms. The molecular weight excluding hydrogens is 593 g/mol. The number of para-hydroxylation sites is 2. The third-order valence-corrected chi connectivity index (χ3v) is 10.5. The number of nitrogens with zero attached hydrogens (tertiary/aromatic N) is 4. The Bertz CT molecular complexity index is 2880. The van der Waals surface area contributed by atoms with Crippen LogP contribution in [0.4, 0.5) is 0 Å². The molecule has 0 atom stereocenters. The molecule has 10 aromatic rings. The van der Waals surface area contributed by atoms with Gasteiger partial charge in [-0.25, -0.2) is 4.98 Å². The molecule has 0 unspecified atom stereocenters. The predicted octanol–water partition coefficient (Wildman–Crippen LogP) is 11.2. The van der Waals surface area contributed by atoms with Crippen LogP contribution in [0.25, 0.3) is 86.4 Å². The van der Waals surface area contributed by atoms with E-state index in [4.69, 9.17) is 4.98 Å². The molecule has 5 heteroatoms. The standard InChI is InChI=1S/C42H24N4S/c43-25-26-21-28(24-30(22-26)45-37-15-4-1-11-31(37)32-12-2-5-16-38(32)45)27-9-7-10-29(23-27)46-40-34(36-14-8-20-44-42(36)46)18-19-35-33-13-3-6-17-39(33)47-41(35)40/h1-24H. The number of aromatic nitrogens is 3. The van der Waals surface area contributed by atoms with Crippen LogP contribution in [0.2, 0.25) is 0 Å². The van der Waals surface area contributed by atoms with Crippen molar-refractivity contribution in [2.45, 2.75) is 0 Å². The summed E-state index contributed by atoms with van der Waals surface area (Å²) in [6, 6.07) is 51.5. The van der Waals surface area contributed by atoms with E-state index in [1.165, 1.54) is 41.8 Å². The van der Waals surface area contributed by atoms with E-state index in [2.05, 4.69) is 137 Å². The smallest absolute Gasteiger partial charge is 0.145 e. The van der Waals surface area contributed by atoms with Gasteiger partial charge in [0.05, 0.1) is 32.9 Å². The average molecular weight is 617 g/mol. The van der Waals surface area contributed by atoms with Crippen molar-refractivity contribution in [1.29, 1.82) is 5.26 Å². The quantitative estimate of drug-likeness (QED) is 0.198. The molecule has 6 aromatic carbocycles. The molecule has 0 amide bonds. The van der Waals surface area contributed by atoms with Gasteiger partial charge >= 0.3 is 0 Å². The fourth-order valence-corrected chi connectivity index (χ4v) is 8.59. The normalized spacial score (nSPS) is 11.8. The Morgan fingerprint density at radius 1 is 0.532 bits per heavy atom. The zero-order chi connectivity index (χ0) is 31.1. The summed E-state index contributed by atoms with van der Waals surface area (Å²) in [4.78, 5) is 4.91. The maximum atomic E-state index is 10.2. The molecule has 0 saturated carbocycles. The summed E-state index contributed by atoms with van der Waals surface area (Å²) >= 11 is 1.84. The molecule has 0 saturated heterocycles. The highest BCUT2D eigenvalue weighted by molar-refractivity contribution is 7.26. The van der Waals surface area contributed by atoms with E-state index in [0.717, 1.165) is 44.6 Å². The van der Waals surface area contributed by atoms with Crippen molar-refractivity contribution in [3.8, 4) is 28.6 Å². The summed E-state index contributed by atoms with van der Waals surface area (Å²) in [5, 5.41) is 17.4. The van der Waals surface area contributed by atoms with Crippen LogP contribution < -0.4 is 0 Å². The molecule has 0 aliphatic heterocycles. The van der Waals surface area contributed by atoms with E-state index in [9.17, 15) is 5.26 Å². The lowest BCUT2D eigenvalue weighted by atomic mass is 10.0. The lowest BCUT2D eigenvalue weighted by Crippen LogP contribution is -1.97. The monoisotopic (exact) mass is 616 g/mol. The van der Waals surface area contributed by atoms with Crippen molar-refractivity contribution in [2.24, 2.45) is 0 Å². The van der Waals surface area contributed by atoms with E-state index >= 15 is 0 Å². The van der Waals surface area contributed by atoms with Crippen LogP contribution in [0.15, 0.2) is 146 Å². The van der Waals surface area contributed by atoms with Gasteiger partial charge in [-0.05, 0) is 71.8 Å². The minimum absolute atomic E-state index is 0.621. The second-order valence-corrected chi connectivity index (χ2v) is 13.0. The van der Waals surface area contributed by atoms with Crippen molar-refractivity contribution in [3.63, 3.8) is 0 Å². The van der Waals surface area contributed by atoms with Gasteiger partial charge < -0.3 is 4.57 Å². The first-order valence-electron chi connectivity index (χ1n) is 15.6. The van der Waals surface area contributed by atoms with Crippen molar-refractivity contribution in [2.75, 3.05) is 0 Å². The third kappa shape index (κ3) is 3.77. The molecular formula is C42H24N4S. The summed E-state index contributed by atoms with van der Waals surface area (Å²) in [6.45, 7) is 0. The maximum Gasteiger partial charge on any atom is 0.145 e. The zero-order valence-electron chi connectivity index (χ0n) is 25.1. The fourth-order valence-electron chi connectivity index (χ4n) is 7.35. The topological polar surface area (TPSA) is 46.5 Å². The van der Waals surface area contributed by atoms with Gasteiger partial charge in [0.15, 0.2) is 0 Å². The van der Waals surface area contributed by atoms with Gasteiger partial charge in [-0.1, -0.05) is 78.9 Å². The number of nitriles is 1. The molecule has 0 aliphatic rings. The van der Waals surface area contributed by atoms with Crippen LogP contribution in [0, 0.1) is 11.3 Å². The highest BCUT2D eigenvalue weighted by Crippen LogP contribution is 2.43. The minimum atomic E-state index is 0.621. The summed E-state index contributed by atoms with van der Waals surface area (Å²) < 4.78 is 7.12. The van der Waals surface area contributed by atoms with Crippen molar-refractivity contribution < 1.29 is 0 Å². The Morgan fingerprint density at radius 3 is 2.04 bits per heavy atom. The summed E-state index contributed by atoms with van der Waals surface area (Å²) in [7, 11) is 0. The third-order valence-electron chi connectivity index (χ3n) is 9.36. The zero-order valence-corrected chi connectivity index (χ0v) is 25.9. The molecule has 47 heavy (non-hydrogen) atoms. The van der Waals surface area contributed by atoms with Crippen LogP contribution >= 0.6 is 11.3 Å². The number of hydrogen-bond donors (Lipinski definition) is 0. The molecule has 0 N–H and O–H groups in total. The molecule has 0 bridgehead atoms. The second-order valence-electron chi connectivity index (χ2n) is 11.9. The summed E-state index contributed by atoms with van der Waals surface area (Å²) in [6.07, 6.45) is 1.87. The number of pyridine rings is 1. The molecule has 0 fully saturated rings. The Labute approximate surface area is 273 Å². The highest BCUT2D eigenvalue weighted by atomic mass is 32.1. The first kappa shape index (κ1) is 26.0. The highest BCUT2D eigenvalue weighted by Gasteiger charge is 2.19. The average Bonchev–Trinajstić information content (AvgIpc) is 3.79. The number of benzene rings is 6. The maximum absolute atomic E-state index is 10.2. The first-order chi connectivity index (χ1) is 23.3. The van der Waals surface area contributed by atoms with Crippen LogP contribution in [0.1, 0.15) is 5.56 Å². The van der Waals surface area contributed by atoms with E-state index in [-0.39, 0.29) is 0 Å². The fraction of sp³-hybridized carbons (Fsp3) is 0. The first-order valence-corrected chi connectivity index (χ1v) is 16.4. The van der Waals surface area contributed by atoms with E-state index in [1.54, 1.807) is 0 Å². The van der Waals surface area contributed by atoms with Crippen LogP contribution in [-0.2, 0) is 0 Å². The number of hydrogen-bond acceptors (Lipinski definition) is 3. The van der Waals surface area contributed by atoms with Gasteiger partial charge in [-0.3, -0.25) is 4.57 Å². The Morgan fingerprint density at radius 2 is 1.23 bits per heavy atom. The number of fused-ring (bicyclic) bond motifs is 10. The van der Waals surface area contributed by atoms with Gasteiger partial charge in [0.1, 0.15) is 5.65 Å². The van der Waals surface area contributed by atoms with Crippen LogP contribution in [0.3, 0.4) is 0 Å². The second kappa shape index (κ2) is 9.89. The SMILES string of the molecule is N#Cc1cc(-c2cccc(-n3c4ncccc4c4ccc5c6ccccc6sc5c43)c2)cc(-n2c3ccccc3c3ccccc32)c1. The predicted molar refractivity (Wildman–Crippen MR) is 196 cm³/mol. The molecule has 4 heterocycles. The van der Waals surface area contributed by atoms with Gasteiger partial charge in [0.2, 0.25) is 0 Å². The number of thiophene rings is 1. The van der Waals surface area contributed by atoms with Crippen LogP contribution in [-0.4, -0.2) is 14.1 Å². The van der Waals surface area contributed by atoms with E-state index < -0.39 is 0 Å². The molecule has 218 valence electrons. The Kier molecular flexibility index (Phi) is 5.48. The lowest BCUT2D eigenvalue weighted by molar-refractivity contribution is 1.14. The minimum Gasteiger partial charge on any atom is -0.309 e. The molecule has 0 aliphatic carbocycles. The van der Waals surface area contributed by atoms with Gasteiger partial charge in [0, 0.05) is 54.6 Å². The lowest BCUT2D eigenvalue weighted by Gasteiger charge is -2.13. The summed E-state index contributed by atoms with van der Waals surface area (Å²) in [5.74, 6) is 0. The molecule has 4 nitrogen and oxygen atoms in total. The Hall–Kier alpha value is -6.22. The van der Waals surface area contributed by atoms with Crippen molar-refractivity contribution in [3.05, 3.63) is 151 Å². The number of rotatable bonds is 3. The van der Waals surface area contributed by atoms with E-state index in [0.29, 0.717) is 5.56 Å². The Balaban J connectivity index is 1.22. The van der Waals surface area contributed by atoms with Crippen molar-refractivity contribution in [1.82, 2.24) is 14.1 Å². The van der Waals surface area contributed by atoms with E-state index in [1.807, 2.05) is 35.7 Å². The van der Waals surface area contributed by atoms with Gasteiger partial charge in [-0.15, -0.1) is 11.3 Å². The van der Waals surface area contributed by atoms with Gasteiger partial charge in [-0.2, -0.15) is 5.26 Å². The van der Waals surface area contributed by atoms with Crippen LogP contribution in [0.5, 0.6) is 0 Å². The molecule has 0 radical (unpaired) electrons.